The lowest BCUT2D eigenvalue weighted by Crippen LogP contribution is -2.11. The maximum Gasteiger partial charge on any atom is 0.248 e. The molecular weight excluding hydrogens is 280 g/mol. The van der Waals surface area contributed by atoms with Crippen molar-refractivity contribution in [3.63, 3.8) is 0 Å². The Labute approximate surface area is 120 Å². The minimum atomic E-state index is -0.545. The zero-order chi connectivity index (χ0) is 14.7. The molecule has 2 aromatic rings. The minimum absolute atomic E-state index is 0.0438. The molecule has 0 spiro atoms. The second kappa shape index (κ2) is 5.71. The summed E-state index contributed by atoms with van der Waals surface area (Å²) < 4.78 is 5.50. The molecule has 6 heteroatoms. The van der Waals surface area contributed by atoms with Crippen LogP contribution in [0.5, 0.6) is 11.5 Å². The van der Waals surface area contributed by atoms with Gasteiger partial charge in [-0.05, 0) is 24.3 Å². The number of para-hydroxylation sites is 1. The molecule has 0 atom stereocenters. The number of hydrogen-bond donors (Lipinski definition) is 3. The van der Waals surface area contributed by atoms with Crippen LogP contribution >= 0.6 is 11.6 Å². The molecule has 5 nitrogen and oxygen atoms in total. The predicted octanol–water partition coefficient (Wildman–Crippen LogP) is 2.31. The highest BCUT2D eigenvalue weighted by atomic mass is 35.5. The Hall–Kier alpha value is -2.40. The molecule has 5 N–H and O–H groups in total. The molecule has 0 unspecified atom stereocenters. The van der Waals surface area contributed by atoms with Gasteiger partial charge in [0.05, 0.1) is 0 Å². The van der Waals surface area contributed by atoms with E-state index >= 15 is 0 Å². The van der Waals surface area contributed by atoms with Crippen LogP contribution in [0.2, 0.25) is 5.02 Å². The average Bonchev–Trinajstić information content (AvgIpc) is 2.41. The third-order valence-corrected chi connectivity index (χ3v) is 3.12. The number of phenolic OH excluding ortho intramolecular Hbond substituents is 1. The van der Waals surface area contributed by atoms with Crippen molar-refractivity contribution in [3.05, 3.63) is 52.5 Å². The van der Waals surface area contributed by atoms with E-state index in [1.165, 1.54) is 12.1 Å². The number of carbonyl (C=O) groups is 1. The van der Waals surface area contributed by atoms with Gasteiger partial charge in [-0.1, -0.05) is 23.7 Å². The van der Waals surface area contributed by atoms with E-state index in [4.69, 9.17) is 27.8 Å². The normalized spacial score (nSPS) is 10.2. The molecule has 0 aliphatic heterocycles. The summed E-state index contributed by atoms with van der Waals surface area (Å²) in [5, 5.41) is 9.84. The Bertz CT molecular complexity index is 659. The van der Waals surface area contributed by atoms with E-state index in [1.807, 2.05) is 0 Å². The molecule has 0 saturated heterocycles. The quantitative estimate of drug-likeness (QED) is 0.595. The van der Waals surface area contributed by atoms with E-state index in [-0.39, 0.29) is 18.0 Å². The average molecular weight is 293 g/mol. The lowest BCUT2D eigenvalue weighted by atomic mass is 10.1. The summed E-state index contributed by atoms with van der Waals surface area (Å²) >= 11 is 6.04. The first-order chi connectivity index (χ1) is 9.49. The second-order valence-corrected chi connectivity index (χ2v) is 4.56. The van der Waals surface area contributed by atoms with Crippen LogP contribution in [0.15, 0.2) is 36.4 Å². The fraction of sp³-hybridized carbons (Fsp3) is 0.0714. The smallest absolute Gasteiger partial charge is 0.248 e. The predicted molar refractivity (Wildman–Crippen MR) is 76.8 cm³/mol. The number of aromatic hydroxyl groups is 1. The van der Waals surface area contributed by atoms with Crippen LogP contribution in [0.3, 0.4) is 0 Å². The van der Waals surface area contributed by atoms with Gasteiger partial charge < -0.3 is 21.3 Å². The van der Waals surface area contributed by atoms with Gasteiger partial charge in [0.1, 0.15) is 23.8 Å². The standard InChI is InChI=1S/C14H13ClN2O3/c15-10-6-8(14(17)19)4-5-9(10)7-20-12-3-1-2-11(18)13(12)16/h1-6,18H,7,16H2,(H2,17,19). The molecule has 0 aromatic heterocycles. The fourth-order valence-corrected chi connectivity index (χ4v) is 1.87. The largest absolute Gasteiger partial charge is 0.506 e. The Morgan fingerprint density at radius 3 is 2.70 bits per heavy atom. The van der Waals surface area contributed by atoms with Crippen LogP contribution in [-0.2, 0) is 6.61 Å². The van der Waals surface area contributed by atoms with Gasteiger partial charge in [-0.2, -0.15) is 0 Å². The number of benzene rings is 2. The number of hydrogen-bond acceptors (Lipinski definition) is 4. The Morgan fingerprint density at radius 1 is 1.30 bits per heavy atom. The van der Waals surface area contributed by atoms with Gasteiger partial charge in [0, 0.05) is 16.1 Å². The topological polar surface area (TPSA) is 98.6 Å². The molecule has 0 fully saturated rings. The molecule has 1 amide bonds. The van der Waals surface area contributed by atoms with Crippen molar-refractivity contribution in [3.8, 4) is 11.5 Å². The van der Waals surface area contributed by atoms with E-state index in [2.05, 4.69) is 0 Å². The first-order valence-electron chi connectivity index (χ1n) is 5.77. The van der Waals surface area contributed by atoms with Crippen LogP contribution in [0.4, 0.5) is 5.69 Å². The Kier molecular flexibility index (Phi) is 4.00. The van der Waals surface area contributed by atoms with Gasteiger partial charge in [-0.3, -0.25) is 4.79 Å². The van der Waals surface area contributed by atoms with Crippen LogP contribution in [-0.4, -0.2) is 11.0 Å². The molecule has 0 saturated carbocycles. The van der Waals surface area contributed by atoms with Gasteiger partial charge in [-0.15, -0.1) is 0 Å². The van der Waals surface area contributed by atoms with Crippen molar-refractivity contribution < 1.29 is 14.6 Å². The number of primary amides is 1. The van der Waals surface area contributed by atoms with Crippen molar-refractivity contribution in [2.75, 3.05) is 5.73 Å². The van der Waals surface area contributed by atoms with Crippen LogP contribution in [0.1, 0.15) is 15.9 Å². The molecule has 0 bridgehead atoms. The minimum Gasteiger partial charge on any atom is -0.506 e. The summed E-state index contributed by atoms with van der Waals surface area (Å²) in [7, 11) is 0. The van der Waals surface area contributed by atoms with Gasteiger partial charge in [0.2, 0.25) is 5.91 Å². The highest BCUT2D eigenvalue weighted by Gasteiger charge is 2.08. The lowest BCUT2D eigenvalue weighted by molar-refractivity contribution is 0.1000. The first kappa shape index (κ1) is 14.0. The number of halogens is 1. The summed E-state index contributed by atoms with van der Waals surface area (Å²) in [6.07, 6.45) is 0. The second-order valence-electron chi connectivity index (χ2n) is 4.15. The van der Waals surface area contributed by atoms with Gasteiger partial charge in [0.15, 0.2) is 0 Å². The number of anilines is 1. The van der Waals surface area contributed by atoms with E-state index in [0.717, 1.165) is 0 Å². The third kappa shape index (κ3) is 2.95. The molecule has 20 heavy (non-hydrogen) atoms. The van der Waals surface area contributed by atoms with Crippen molar-refractivity contribution in [1.82, 2.24) is 0 Å². The number of rotatable bonds is 4. The maximum absolute atomic E-state index is 11.0. The van der Waals surface area contributed by atoms with Crippen LogP contribution in [0, 0.1) is 0 Å². The number of amides is 1. The van der Waals surface area contributed by atoms with Crippen molar-refractivity contribution in [2.45, 2.75) is 6.61 Å². The van der Waals surface area contributed by atoms with Crippen molar-refractivity contribution in [1.29, 1.82) is 0 Å². The zero-order valence-electron chi connectivity index (χ0n) is 10.5. The number of ether oxygens (including phenoxy) is 1. The number of nitrogen functional groups attached to an aromatic ring is 1. The van der Waals surface area contributed by atoms with E-state index in [1.54, 1.807) is 24.3 Å². The third-order valence-electron chi connectivity index (χ3n) is 2.76. The van der Waals surface area contributed by atoms with Crippen molar-refractivity contribution in [2.24, 2.45) is 5.73 Å². The monoisotopic (exact) mass is 292 g/mol. The van der Waals surface area contributed by atoms with Gasteiger partial charge in [-0.25, -0.2) is 0 Å². The van der Waals surface area contributed by atoms with Gasteiger partial charge in [0.25, 0.3) is 0 Å². The maximum atomic E-state index is 11.0. The lowest BCUT2D eigenvalue weighted by Gasteiger charge is -2.11. The fourth-order valence-electron chi connectivity index (χ4n) is 1.63. The molecule has 0 radical (unpaired) electrons. The molecule has 0 heterocycles. The summed E-state index contributed by atoms with van der Waals surface area (Å²) in [5.41, 5.74) is 12.0. The number of phenols is 1. The zero-order valence-corrected chi connectivity index (χ0v) is 11.2. The summed E-state index contributed by atoms with van der Waals surface area (Å²) in [4.78, 5) is 11.0. The highest BCUT2D eigenvalue weighted by molar-refractivity contribution is 6.31. The number of nitrogens with two attached hydrogens (primary N) is 2. The van der Waals surface area contributed by atoms with E-state index < -0.39 is 5.91 Å². The first-order valence-corrected chi connectivity index (χ1v) is 6.15. The summed E-state index contributed by atoms with van der Waals surface area (Å²) in [5.74, 6) is -0.227. The van der Waals surface area contributed by atoms with Crippen LogP contribution < -0.4 is 16.2 Å². The molecule has 2 aromatic carbocycles. The molecule has 0 aliphatic rings. The molecule has 0 aliphatic carbocycles. The van der Waals surface area contributed by atoms with Crippen LogP contribution in [0.25, 0.3) is 0 Å². The summed E-state index contributed by atoms with van der Waals surface area (Å²) in [6, 6.07) is 9.44. The summed E-state index contributed by atoms with van der Waals surface area (Å²) in [6.45, 7) is 0.158. The van der Waals surface area contributed by atoms with E-state index in [0.29, 0.717) is 21.9 Å². The Morgan fingerprint density at radius 2 is 2.05 bits per heavy atom. The molecule has 104 valence electrons. The number of carbonyl (C=O) groups excluding carboxylic acids is 1. The molecular formula is C14H13ClN2O3. The Balaban J connectivity index is 2.15. The molecule has 2 rings (SSSR count). The SMILES string of the molecule is NC(=O)c1ccc(COc2cccc(O)c2N)c(Cl)c1. The highest BCUT2D eigenvalue weighted by Crippen LogP contribution is 2.31. The van der Waals surface area contributed by atoms with E-state index in [9.17, 15) is 9.90 Å². The van der Waals surface area contributed by atoms with Crippen molar-refractivity contribution >= 4 is 23.2 Å². The van der Waals surface area contributed by atoms with Gasteiger partial charge >= 0.3 is 0 Å².